The first-order chi connectivity index (χ1) is 8.24. The Hall–Kier alpha value is -1.74. The van der Waals surface area contributed by atoms with Crippen molar-refractivity contribution in [2.45, 2.75) is 6.92 Å². The van der Waals surface area contributed by atoms with Crippen LogP contribution in [0.4, 0.5) is 0 Å². The SMILES string of the molecule is CC1C=C(c2c[nH]c3ccc(O)cc23)CNC1. The van der Waals surface area contributed by atoms with Crippen LogP contribution in [0.15, 0.2) is 30.5 Å². The molecule has 1 aromatic heterocycles. The third kappa shape index (κ3) is 1.83. The third-order valence-corrected chi connectivity index (χ3v) is 3.28. The largest absolute Gasteiger partial charge is 0.508 e. The van der Waals surface area contributed by atoms with Crippen LogP contribution in [-0.4, -0.2) is 23.2 Å². The molecule has 0 amide bonds. The maximum atomic E-state index is 9.57. The Balaban J connectivity index is 2.14. The van der Waals surface area contributed by atoms with Crippen LogP contribution < -0.4 is 5.32 Å². The van der Waals surface area contributed by atoms with Gasteiger partial charge in [0.05, 0.1) is 0 Å². The summed E-state index contributed by atoms with van der Waals surface area (Å²) < 4.78 is 0. The van der Waals surface area contributed by atoms with Gasteiger partial charge in [0.1, 0.15) is 5.75 Å². The molecule has 0 saturated carbocycles. The van der Waals surface area contributed by atoms with Crippen molar-refractivity contribution >= 4 is 16.5 Å². The van der Waals surface area contributed by atoms with Gasteiger partial charge in [-0.3, -0.25) is 0 Å². The van der Waals surface area contributed by atoms with Crippen molar-refractivity contribution in [2.24, 2.45) is 5.92 Å². The third-order valence-electron chi connectivity index (χ3n) is 3.28. The molecule has 0 spiro atoms. The van der Waals surface area contributed by atoms with Crippen LogP contribution >= 0.6 is 0 Å². The Morgan fingerprint density at radius 3 is 3.06 bits per heavy atom. The Morgan fingerprint density at radius 2 is 2.24 bits per heavy atom. The van der Waals surface area contributed by atoms with Crippen LogP contribution in [0.3, 0.4) is 0 Å². The van der Waals surface area contributed by atoms with Crippen LogP contribution in [0.5, 0.6) is 5.75 Å². The van der Waals surface area contributed by atoms with Gasteiger partial charge in [-0.2, -0.15) is 0 Å². The minimum absolute atomic E-state index is 0.316. The fourth-order valence-corrected chi connectivity index (χ4v) is 2.46. The van der Waals surface area contributed by atoms with E-state index in [2.05, 4.69) is 23.3 Å². The number of phenolic OH excluding ortho intramolecular Hbond substituents is 1. The zero-order valence-corrected chi connectivity index (χ0v) is 9.83. The Bertz CT molecular complexity index is 583. The summed E-state index contributed by atoms with van der Waals surface area (Å²) in [5.41, 5.74) is 3.56. The summed E-state index contributed by atoms with van der Waals surface area (Å²) in [6.07, 6.45) is 4.33. The highest BCUT2D eigenvalue weighted by molar-refractivity contribution is 5.94. The Labute approximate surface area is 100 Å². The minimum atomic E-state index is 0.316. The van der Waals surface area contributed by atoms with E-state index in [1.165, 1.54) is 11.1 Å². The Morgan fingerprint density at radius 1 is 1.35 bits per heavy atom. The maximum Gasteiger partial charge on any atom is 0.116 e. The van der Waals surface area contributed by atoms with Crippen LogP contribution in [0.25, 0.3) is 16.5 Å². The van der Waals surface area contributed by atoms with E-state index in [-0.39, 0.29) is 0 Å². The molecule has 17 heavy (non-hydrogen) atoms. The zero-order chi connectivity index (χ0) is 11.8. The van der Waals surface area contributed by atoms with E-state index in [0.717, 1.165) is 24.0 Å². The molecule has 0 bridgehead atoms. The summed E-state index contributed by atoms with van der Waals surface area (Å²) >= 11 is 0. The molecule has 0 fully saturated rings. The summed E-state index contributed by atoms with van der Waals surface area (Å²) in [5.74, 6) is 0.872. The number of H-pyrrole nitrogens is 1. The molecule has 3 nitrogen and oxygen atoms in total. The average molecular weight is 228 g/mol. The van der Waals surface area contributed by atoms with Gasteiger partial charge in [-0.25, -0.2) is 0 Å². The van der Waals surface area contributed by atoms with Gasteiger partial charge in [-0.1, -0.05) is 13.0 Å². The second kappa shape index (κ2) is 3.93. The van der Waals surface area contributed by atoms with Crippen molar-refractivity contribution in [3.63, 3.8) is 0 Å². The lowest BCUT2D eigenvalue weighted by Crippen LogP contribution is -2.26. The normalized spacial score (nSPS) is 20.5. The molecule has 1 aliphatic heterocycles. The van der Waals surface area contributed by atoms with Gasteiger partial charge in [-0.15, -0.1) is 0 Å². The quantitative estimate of drug-likeness (QED) is 0.702. The molecule has 0 aliphatic carbocycles. The minimum Gasteiger partial charge on any atom is -0.508 e. The first-order valence-corrected chi connectivity index (χ1v) is 5.96. The van der Waals surface area contributed by atoms with Gasteiger partial charge in [0.25, 0.3) is 0 Å². The first-order valence-electron chi connectivity index (χ1n) is 5.96. The lowest BCUT2D eigenvalue weighted by Gasteiger charge is -2.19. The molecule has 3 N–H and O–H groups in total. The molecule has 3 rings (SSSR count). The van der Waals surface area contributed by atoms with E-state index in [9.17, 15) is 5.11 Å². The summed E-state index contributed by atoms with van der Waals surface area (Å²) in [7, 11) is 0. The number of phenols is 1. The van der Waals surface area contributed by atoms with Crippen LogP contribution in [0.1, 0.15) is 12.5 Å². The van der Waals surface area contributed by atoms with Gasteiger partial charge in [-0.05, 0) is 29.7 Å². The van der Waals surface area contributed by atoms with Crippen molar-refractivity contribution in [1.29, 1.82) is 0 Å². The molecule has 88 valence electrons. The average Bonchev–Trinajstić information content (AvgIpc) is 2.71. The van der Waals surface area contributed by atoms with E-state index in [0.29, 0.717) is 11.7 Å². The topological polar surface area (TPSA) is 48.0 Å². The number of fused-ring (bicyclic) bond motifs is 1. The van der Waals surface area contributed by atoms with Crippen LogP contribution in [0.2, 0.25) is 0 Å². The number of hydrogen-bond donors (Lipinski definition) is 3. The number of nitrogens with one attached hydrogen (secondary N) is 2. The van der Waals surface area contributed by atoms with E-state index < -0.39 is 0 Å². The predicted molar refractivity (Wildman–Crippen MR) is 70.0 cm³/mol. The predicted octanol–water partition coefficient (Wildman–Crippen LogP) is 2.50. The molecule has 2 heterocycles. The second-order valence-electron chi connectivity index (χ2n) is 4.73. The maximum absolute atomic E-state index is 9.57. The number of aromatic amines is 1. The fourth-order valence-electron chi connectivity index (χ4n) is 2.46. The molecule has 0 saturated heterocycles. The van der Waals surface area contributed by atoms with Gasteiger partial charge in [0, 0.05) is 35.8 Å². The van der Waals surface area contributed by atoms with Gasteiger partial charge in [0.15, 0.2) is 0 Å². The molecule has 1 atom stereocenters. The number of benzene rings is 1. The zero-order valence-electron chi connectivity index (χ0n) is 9.83. The van der Waals surface area contributed by atoms with E-state index in [1.54, 1.807) is 6.07 Å². The Kier molecular flexibility index (Phi) is 2.41. The first kappa shape index (κ1) is 10.4. The van der Waals surface area contributed by atoms with Gasteiger partial charge >= 0.3 is 0 Å². The van der Waals surface area contributed by atoms with Crippen molar-refractivity contribution in [2.75, 3.05) is 13.1 Å². The highest BCUT2D eigenvalue weighted by Gasteiger charge is 2.14. The highest BCUT2D eigenvalue weighted by atomic mass is 16.3. The smallest absolute Gasteiger partial charge is 0.116 e. The molecule has 1 aliphatic rings. The number of aromatic nitrogens is 1. The van der Waals surface area contributed by atoms with E-state index >= 15 is 0 Å². The number of rotatable bonds is 1. The monoisotopic (exact) mass is 228 g/mol. The lowest BCUT2D eigenvalue weighted by molar-refractivity contribution is 0.476. The standard InChI is InChI=1S/C14H16N2O/c1-9-4-10(7-15-6-9)13-8-16-14-3-2-11(17)5-12(13)14/h2-5,8-9,15-17H,6-7H2,1H3. The van der Waals surface area contributed by atoms with E-state index in [1.807, 2.05) is 18.3 Å². The molecule has 0 radical (unpaired) electrons. The molecule has 1 aromatic carbocycles. The van der Waals surface area contributed by atoms with Crippen molar-refractivity contribution in [3.8, 4) is 5.75 Å². The molecular formula is C14H16N2O. The molecular weight excluding hydrogens is 212 g/mol. The summed E-state index contributed by atoms with van der Waals surface area (Å²) in [4.78, 5) is 3.25. The summed E-state index contributed by atoms with van der Waals surface area (Å²) in [6, 6.07) is 5.44. The lowest BCUT2D eigenvalue weighted by atomic mass is 9.97. The van der Waals surface area contributed by atoms with Gasteiger partial charge < -0.3 is 15.4 Å². The van der Waals surface area contributed by atoms with Crippen LogP contribution in [0, 0.1) is 5.92 Å². The number of aromatic hydroxyl groups is 1. The molecule has 3 heteroatoms. The van der Waals surface area contributed by atoms with E-state index in [4.69, 9.17) is 0 Å². The van der Waals surface area contributed by atoms with Gasteiger partial charge in [0.2, 0.25) is 0 Å². The van der Waals surface area contributed by atoms with Crippen molar-refractivity contribution < 1.29 is 5.11 Å². The fraction of sp³-hybridized carbons (Fsp3) is 0.286. The van der Waals surface area contributed by atoms with Crippen molar-refractivity contribution in [1.82, 2.24) is 10.3 Å². The van der Waals surface area contributed by atoms with Crippen LogP contribution in [-0.2, 0) is 0 Å². The highest BCUT2D eigenvalue weighted by Crippen LogP contribution is 2.29. The second-order valence-corrected chi connectivity index (χ2v) is 4.73. The molecule has 1 unspecified atom stereocenters. The van der Waals surface area contributed by atoms with Crippen molar-refractivity contribution in [3.05, 3.63) is 36.0 Å². The summed E-state index contributed by atoms with van der Waals surface area (Å²) in [5, 5.41) is 14.1. The molecule has 2 aromatic rings. The summed E-state index contributed by atoms with van der Waals surface area (Å²) in [6.45, 7) is 4.14. The number of hydrogen-bond acceptors (Lipinski definition) is 2.